The molecule has 2 aromatic rings. The standard InChI is InChI=1S/C21H26ClF2N5O.HI/c1-25-21(28-14-16-12-17(22)5-6-18(16)30-20(23)24)27-13-15-7-8-26-19(11-15)29-9-3-2-4-10-29;/h5-8,11-12,20H,2-4,9-10,13-14H2,1H3,(H2,25,27,28);1H. The molecule has 6 nitrogen and oxygen atoms in total. The van der Waals surface area contributed by atoms with Gasteiger partial charge >= 0.3 is 6.61 Å². The molecule has 0 radical (unpaired) electrons. The second-order valence-corrected chi connectivity index (χ2v) is 7.42. The SMILES string of the molecule is CN=C(NCc1ccnc(N2CCCCC2)c1)NCc1cc(Cl)ccc1OC(F)F.I. The van der Waals surface area contributed by atoms with Gasteiger partial charge in [0, 0.05) is 50.0 Å². The number of alkyl halides is 2. The van der Waals surface area contributed by atoms with E-state index in [1.54, 1.807) is 13.1 Å². The monoisotopic (exact) mass is 565 g/mol. The molecule has 1 saturated heterocycles. The fourth-order valence-corrected chi connectivity index (χ4v) is 3.54. The van der Waals surface area contributed by atoms with Crippen LogP contribution in [-0.4, -0.2) is 37.7 Å². The Hall–Kier alpha value is -1.88. The maximum absolute atomic E-state index is 12.6. The van der Waals surface area contributed by atoms with Gasteiger partial charge in [-0.2, -0.15) is 8.78 Å². The number of hydrogen-bond acceptors (Lipinski definition) is 4. The zero-order chi connectivity index (χ0) is 21.3. The first kappa shape index (κ1) is 25.4. The molecule has 0 bridgehead atoms. The number of piperidine rings is 1. The van der Waals surface area contributed by atoms with Gasteiger partial charge in [-0.3, -0.25) is 4.99 Å². The summed E-state index contributed by atoms with van der Waals surface area (Å²) in [6, 6.07) is 8.57. The fourth-order valence-electron chi connectivity index (χ4n) is 3.35. The van der Waals surface area contributed by atoms with Crippen molar-refractivity contribution in [2.75, 3.05) is 25.0 Å². The zero-order valence-corrected chi connectivity index (χ0v) is 20.4. The van der Waals surface area contributed by atoms with Crippen LogP contribution in [0.3, 0.4) is 0 Å². The van der Waals surface area contributed by atoms with Crippen LogP contribution >= 0.6 is 35.6 Å². The summed E-state index contributed by atoms with van der Waals surface area (Å²) in [5.74, 6) is 1.61. The van der Waals surface area contributed by atoms with Crippen LogP contribution in [0, 0.1) is 0 Å². The molecule has 3 rings (SSSR count). The lowest BCUT2D eigenvalue weighted by Gasteiger charge is -2.28. The number of aliphatic imine (C=N–C) groups is 1. The summed E-state index contributed by atoms with van der Waals surface area (Å²) in [4.78, 5) is 11.0. The first-order chi connectivity index (χ1) is 14.5. The van der Waals surface area contributed by atoms with Crippen LogP contribution in [0.5, 0.6) is 5.75 Å². The quantitative estimate of drug-likeness (QED) is 0.287. The number of nitrogens with zero attached hydrogens (tertiary/aromatic N) is 3. The number of hydrogen-bond donors (Lipinski definition) is 2. The molecule has 1 aliphatic heterocycles. The van der Waals surface area contributed by atoms with Gasteiger partial charge in [0.1, 0.15) is 11.6 Å². The van der Waals surface area contributed by atoms with E-state index in [4.69, 9.17) is 11.6 Å². The minimum absolute atomic E-state index is 0. The van der Waals surface area contributed by atoms with E-state index >= 15 is 0 Å². The average molecular weight is 566 g/mol. The van der Waals surface area contributed by atoms with E-state index in [1.165, 1.54) is 31.4 Å². The van der Waals surface area contributed by atoms with Crippen molar-refractivity contribution in [1.82, 2.24) is 15.6 Å². The summed E-state index contributed by atoms with van der Waals surface area (Å²) < 4.78 is 29.8. The van der Waals surface area contributed by atoms with Gasteiger partial charge in [-0.15, -0.1) is 24.0 Å². The Balaban J connectivity index is 0.00000341. The molecular weight excluding hydrogens is 539 g/mol. The van der Waals surface area contributed by atoms with E-state index in [1.807, 2.05) is 12.3 Å². The van der Waals surface area contributed by atoms with Crippen LogP contribution in [0.2, 0.25) is 5.02 Å². The summed E-state index contributed by atoms with van der Waals surface area (Å²) in [5, 5.41) is 6.78. The zero-order valence-electron chi connectivity index (χ0n) is 17.3. The van der Waals surface area contributed by atoms with Gasteiger partial charge in [0.25, 0.3) is 0 Å². The number of guanidine groups is 1. The highest BCUT2D eigenvalue weighted by Gasteiger charge is 2.13. The first-order valence-corrected chi connectivity index (χ1v) is 10.3. The molecule has 0 saturated carbocycles. The van der Waals surface area contributed by atoms with Gasteiger partial charge in [-0.05, 0) is 55.2 Å². The molecule has 0 amide bonds. The van der Waals surface area contributed by atoms with E-state index in [9.17, 15) is 8.78 Å². The molecule has 2 N–H and O–H groups in total. The third kappa shape index (κ3) is 7.95. The molecule has 1 aromatic carbocycles. The van der Waals surface area contributed by atoms with E-state index in [0.717, 1.165) is 24.5 Å². The lowest BCUT2D eigenvalue weighted by atomic mass is 10.1. The van der Waals surface area contributed by atoms with Gasteiger partial charge in [-0.1, -0.05) is 11.6 Å². The normalized spacial score (nSPS) is 14.2. The van der Waals surface area contributed by atoms with Crippen molar-refractivity contribution >= 4 is 47.4 Å². The Morgan fingerprint density at radius 2 is 1.90 bits per heavy atom. The van der Waals surface area contributed by atoms with Crippen LogP contribution < -0.4 is 20.3 Å². The number of benzene rings is 1. The second-order valence-electron chi connectivity index (χ2n) is 6.98. The number of pyridine rings is 1. The van der Waals surface area contributed by atoms with Crippen molar-refractivity contribution < 1.29 is 13.5 Å². The molecule has 2 heterocycles. The third-order valence-corrected chi connectivity index (χ3v) is 5.09. The smallest absolute Gasteiger partial charge is 0.387 e. The molecular formula is C21H27ClF2IN5O. The highest BCUT2D eigenvalue weighted by molar-refractivity contribution is 14.0. The van der Waals surface area contributed by atoms with Gasteiger partial charge in [0.05, 0.1) is 0 Å². The molecule has 1 aliphatic rings. The van der Waals surface area contributed by atoms with Gasteiger partial charge in [-0.25, -0.2) is 4.98 Å². The van der Waals surface area contributed by atoms with Crippen molar-refractivity contribution in [1.29, 1.82) is 0 Å². The minimum atomic E-state index is -2.90. The number of anilines is 1. The number of nitrogens with one attached hydrogen (secondary N) is 2. The maximum atomic E-state index is 12.6. The Morgan fingerprint density at radius 1 is 1.16 bits per heavy atom. The summed E-state index contributed by atoms with van der Waals surface area (Å²) >= 11 is 6.00. The molecule has 0 unspecified atom stereocenters. The maximum Gasteiger partial charge on any atom is 0.387 e. The summed E-state index contributed by atoms with van der Waals surface area (Å²) in [6.07, 6.45) is 5.48. The second kappa shape index (κ2) is 12.8. The van der Waals surface area contributed by atoms with Gasteiger partial charge in [0.2, 0.25) is 0 Å². The van der Waals surface area contributed by atoms with Crippen molar-refractivity contribution in [3.63, 3.8) is 0 Å². The van der Waals surface area contributed by atoms with Crippen molar-refractivity contribution in [3.8, 4) is 5.75 Å². The number of halogens is 4. The summed E-state index contributed by atoms with van der Waals surface area (Å²) in [6.45, 7) is -0.0366. The predicted molar refractivity (Wildman–Crippen MR) is 131 cm³/mol. The number of aromatic nitrogens is 1. The Kier molecular flexibility index (Phi) is 10.5. The summed E-state index contributed by atoms with van der Waals surface area (Å²) in [7, 11) is 1.65. The molecule has 170 valence electrons. The van der Waals surface area contributed by atoms with Crippen molar-refractivity contribution in [3.05, 3.63) is 52.7 Å². The van der Waals surface area contributed by atoms with Crippen molar-refractivity contribution in [2.45, 2.75) is 39.0 Å². The molecule has 0 atom stereocenters. The number of rotatable bonds is 7. The van der Waals surface area contributed by atoms with E-state index in [2.05, 4.69) is 36.3 Å². The van der Waals surface area contributed by atoms with Crippen LogP contribution in [0.1, 0.15) is 30.4 Å². The summed E-state index contributed by atoms with van der Waals surface area (Å²) in [5.41, 5.74) is 1.60. The first-order valence-electron chi connectivity index (χ1n) is 9.93. The Bertz CT molecular complexity index is 865. The van der Waals surface area contributed by atoms with Gasteiger partial charge in [0.15, 0.2) is 5.96 Å². The topological polar surface area (TPSA) is 61.8 Å². The lowest BCUT2D eigenvalue weighted by Crippen LogP contribution is -2.36. The van der Waals surface area contributed by atoms with Crippen LogP contribution in [0.25, 0.3) is 0 Å². The van der Waals surface area contributed by atoms with Crippen LogP contribution in [-0.2, 0) is 13.1 Å². The van der Waals surface area contributed by atoms with Crippen molar-refractivity contribution in [2.24, 2.45) is 4.99 Å². The van der Waals surface area contributed by atoms with E-state index in [-0.39, 0.29) is 36.3 Å². The molecule has 1 fully saturated rings. The van der Waals surface area contributed by atoms with E-state index < -0.39 is 6.61 Å². The Morgan fingerprint density at radius 3 is 2.61 bits per heavy atom. The highest BCUT2D eigenvalue weighted by atomic mass is 127. The largest absolute Gasteiger partial charge is 0.434 e. The Labute approximate surface area is 203 Å². The molecule has 31 heavy (non-hydrogen) atoms. The molecule has 10 heteroatoms. The number of ether oxygens (including phenoxy) is 1. The lowest BCUT2D eigenvalue weighted by molar-refractivity contribution is -0.0504. The predicted octanol–water partition coefficient (Wildman–Crippen LogP) is 4.81. The van der Waals surface area contributed by atoms with Crippen LogP contribution in [0.4, 0.5) is 14.6 Å². The van der Waals surface area contributed by atoms with Crippen LogP contribution in [0.15, 0.2) is 41.5 Å². The molecule has 1 aromatic heterocycles. The molecule has 0 spiro atoms. The van der Waals surface area contributed by atoms with E-state index in [0.29, 0.717) is 23.1 Å². The fraction of sp³-hybridized carbons (Fsp3) is 0.429. The average Bonchev–Trinajstić information content (AvgIpc) is 2.76. The minimum Gasteiger partial charge on any atom is -0.434 e. The third-order valence-electron chi connectivity index (χ3n) is 4.86. The van der Waals surface area contributed by atoms with Gasteiger partial charge < -0.3 is 20.3 Å². The highest BCUT2D eigenvalue weighted by Crippen LogP contribution is 2.24. The molecule has 0 aliphatic carbocycles.